The Labute approximate surface area is 137 Å². The molecule has 2 aromatic carbocycles. The van der Waals surface area contributed by atoms with Gasteiger partial charge >= 0.3 is 0 Å². The van der Waals surface area contributed by atoms with Gasteiger partial charge in [0.1, 0.15) is 0 Å². The van der Waals surface area contributed by atoms with E-state index in [1.807, 2.05) is 67.3 Å². The van der Waals surface area contributed by atoms with Crippen LogP contribution in [-0.2, 0) is 4.79 Å². The van der Waals surface area contributed by atoms with E-state index in [4.69, 9.17) is 5.11 Å². The Hall–Kier alpha value is -2.33. The Morgan fingerprint density at radius 3 is 2.52 bits per heavy atom. The molecule has 0 unspecified atom stereocenters. The lowest BCUT2D eigenvalue weighted by molar-refractivity contribution is -0.115. The fourth-order valence-electron chi connectivity index (χ4n) is 2.45. The number of aliphatic hydroxyl groups is 1. The van der Waals surface area contributed by atoms with Crippen LogP contribution in [0.15, 0.2) is 48.5 Å². The number of nitrogens with zero attached hydrogens (tertiary/aromatic N) is 1. The number of aryl methyl sites for hydroxylation is 1. The highest BCUT2D eigenvalue weighted by atomic mass is 16.3. The minimum Gasteiger partial charge on any atom is -0.396 e. The highest BCUT2D eigenvalue weighted by Crippen LogP contribution is 2.18. The Morgan fingerprint density at radius 2 is 1.83 bits per heavy atom. The molecule has 0 atom stereocenters. The van der Waals surface area contributed by atoms with Gasteiger partial charge in [0.15, 0.2) is 0 Å². The number of para-hydroxylation sites is 1. The van der Waals surface area contributed by atoms with E-state index in [-0.39, 0.29) is 19.1 Å². The monoisotopic (exact) mass is 312 g/mol. The van der Waals surface area contributed by atoms with Crippen LogP contribution in [0.2, 0.25) is 0 Å². The van der Waals surface area contributed by atoms with Crippen molar-refractivity contribution in [1.29, 1.82) is 0 Å². The van der Waals surface area contributed by atoms with Crippen LogP contribution in [0.25, 0.3) is 0 Å². The molecular formula is C19H24N2O2. The zero-order chi connectivity index (χ0) is 16.7. The van der Waals surface area contributed by atoms with Gasteiger partial charge in [-0.15, -0.1) is 0 Å². The molecule has 0 radical (unpaired) electrons. The predicted molar refractivity (Wildman–Crippen MR) is 94.9 cm³/mol. The molecule has 122 valence electrons. The summed E-state index contributed by atoms with van der Waals surface area (Å²) in [6, 6.07) is 15.7. The quantitative estimate of drug-likeness (QED) is 0.826. The molecule has 0 fully saturated rings. The molecule has 23 heavy (non-hydrogen) atoms. The Bertz CT molecular complexity index is 641. The molecule has 4 heteroatoms. The van der Waals surface area contributed by atoms with E-state index < -0.39 is 0 Å². The van der Waals surface area contributed by atoms with Gasteiger partial charge in [-0.05, 0) is 49.6 Å². The Balaban J connectivity index is 2.07. The molecule has 0 saturated carbocycles. The van der Waals surface area contributed by atoms with Gasteiger partial charge in [0, 0.05) is 24.5 Å². The normalized spacial score (nSPS) is 10.4. The molecular weight excluding hydrogens is 288 g/mol. The summed E-state index contributed by atoms with van der Waals surface area (Å²) in [4.78, 5) is 14.4. The number of benzene rings is 2. The molecule has 2 rings (SSSR count). The minimum atomic E-state index is -0.0551. The summed E-state index contributed by atoms with van der Waals surface area (Å²) in [5, 5.41) is 12.1. The van der Waals surface area contributed by atoms with Gasteiger partial charge in [-0.25, -0.2) is 0 Å². The van der Waals surface area contributed by atoms with Crippen molar-refractivity contribution in [2.75, 3.05) is 29.9 Å². The number of hydrogen-bond donors (Lipinski definition) is 2. The maximum atomic E-state index is 12.4. The molecule has 0 aliphatic carbocycles. The first-order valence-corrected chi connectivity index (χ1v) is 7.88. The van der Waals surface area contributed by atoms with Crippen LogP contribution in [0.5, 0.6) is 0 Å². The summed E-state index contributed by atoms with van der Waals surface area (Å²) in [5.74, 6) is -0.0551. The van der Waals surface area contributed by atoms with E-state index in [0.29, 0.717) is 13.0 Å². The van der Waals surface area contributed by atoms with E-state index in [1.165, 1.54) is 0 Å². The second kappa shape index (κ2) is 8.34. The van der Waals surface area contributed by atoms with E-state index >= 15 is 0 Å². The van der Waals surface area contributed by atoms with Crippen molar-refractivity contribution >= 4 is 17.3 Å². The third kappa shape index (κ3) is 4.83. The average Bonchev–Trinajstić information content (AvgIpc) is 2.56. The molecule has 0 saturated heterocycles. The van der Waals surface area contributed by atoms with Crippen molar-refractivity contribution in [3.63, 3.8) is 0 Å². The van der Waals surface area contributed by atoms with Crippen molar-refractivity contribution in [3.05, 3.63) is 59.7 Å². The van der Waals surface area contributed by atoms with Gasteiger partial charge in [0.2, 0.25) is 5.91 Å². The summed E-state index contributed by atoms with van der Waals surface area (Å²) in [5.41, 5.74) is 4.08. The highest BCUT2D eigenvalue weighted by Gasteiger charge is 2.12. The van der Waals surface area contributed by atoms with Crippen molar-refractivity contribution in [3.8, 4) is 0 Å². The maximum absolute atomic E-state index is 12.4. The molecule has 0 aromatic heterocycles. The summed E-state index contributed by atoms with van der Waals surface area (Å²) in [7, 11) is 0. The van der Waals surface area contributed by atoms with Gasteiger partial charge in [0.25, 0.3) is 0 Å². The Morgan fingerprint density at radius 1 is 1.09 bits per heavy atom. The lowest BCUT2D eigenvalue weighted by Crippen LogP contribution is -2.34. The molecule has 0 aliphatic rings. The van der Waals surface area contributed by atoms with Gasteiger partial charge < -0.3 is 15.3 Å². The number of carbonyl (C=O) groups is 1. The number of nitrogens with one attached hydrogen (secondary N) is 1. The van der Waals surface area contributed by atoms with Crippen LogP contribution >= 0.6 is 0 Å². The van der Waals surface area contributed by atoms with Crippen molar-refractivity contribution in [1.82, 2.24) is 0 Å². The zero-order valence-corrected chi connectivity index (χ0v) is 13.7. The van der Waals surface area contributed by atoms with Gasteiger partial charge in [-0.3, -0.25) is 4.79 Å². The molecule has 1 amide bonds. The highest BCUT2D eigenvalue weighted by molar-refractivity contribution is 5.94. The maximum Gasteiger partial charge on any atom is 0.243 e. The minimum absolute atomic E-state index is 0.0551. The Kier molecular flexibility index (Phi) is 6.18. The van der Waals surface area contributed by atoms with E-state index in [9.17, 15) is 4.79 Å². The second-order valence-corrected chi connectivity index (χ2v) is 5.63. The van der Waals surface area contributed by atoms with Crippen LogP contribution in [-0.4, -0.2) is 30.7 Å². The number of rotatable bonds is 7. The number of amides is 1. The topological polar surface area (TPSA) is 52.6 Å². The third-order valence-electron chi connectivity index (χ3n) is 3.92. The predicted octanol–water partition coefficient (Wildman–Crippen LogP) is 3.13. The van der Waals surface area contributed by atoms with Gasteiger partial charge in [0.05, 0.1) is 6.54 Å². The SMILES string of the molecule is Cc1cccc(NC(=O)CN(CCCO)c2ccccc2)c1C. The summed E-state index contributed by atoms with van der Waals surface area (Å²) in [6.07, 6.45) is 0.631. The standard InChI is InChI=1S/C19H24N2O2/c1-15-8-6-11-18(16(15)2)20-19(23)14-21(12-7-13-22)17-9-4-3-5-10-17/h3-6,8-11,22H,7,12-14H2,1-2H3,(H,20,23). The van der Waals surface area contributed by atoms with Crippen molar-refractivity contribution < 1.29 is 9.90 Å². The number of anilines is 2. The van der Waals surface area contributed by atoms with Crippen LogP contribution in [0, 0.1) is 13.8 Å². The molecule has 2 N–H and O–H groups in total. The molecule has 0 aliphatic heterocycles. The molecule has 0 spiro atoms. The first-order valence-electron chi connectivity index (χ1n) is 7.88. The lowest BCUT2D eigenvalue weighted by Gasteiger charge is -2.24. The number of aliphatic hydroxyl groups excluding tert-OH is 1. The van der Waals surface area contributed by atoms with Crippen LogP contribution in [0.3, 0.4) is 0 Å². The number of carbonyl (C=O) groups excluding carboxylic acids is 1. The van der Waals surface area contributed by atoms with E-state index in [0.717, 1.165) is 22.5 Å². The third-order valence-corrected chi connectivity index (χ3v) is 3.92. The fourth-order valence-corrected chi connectivity index (χ4v) is 2.45. The molecule has 2 aromatic rings. The van der Waals surface area contributed by atoms with Crippen molar-refractivity contribution in [2.24, 2.45) is 0 Å². The smallest absolute Gasteiger partial charge is 0.243 e. The molecule has 4 nitrogen and oxygen atoms in total. The summed E-state index contributed by atoms with van der Waals surface area (Å²) >= 11 is 0. The van der Waals surface area contributed by atoms with Crippen LogP contribution in [0.4, 0.5) is 11.4 Å². The van der Waals surface area contributed by atoms with Gasteiger partial charge in [-0.1, -0.05) is 30.3 Å². The van der Waals surface area contributed by atoms with E-state index in [1.54, 1.807) is 0 Å². The average molecular weight is 312 g/mol. The van der Waals surface area contributed by atoms with Crippen LogP contribution < -0.4 is 10.2 Å². The lowest BCUT2D eigenvalue weighted by atomic mass is 10.1. The molecule has 0 bridgehead atoms. The van der Waals surface area contributed by atoms with Crippen molar-refractivity contribution in [2.45, 2.75) is 20.3 Å². The zero-order valence-electron chi connectivity index (χ0n) is 13.7. The van der Waals surface area contributed by atoms with Gasteiger partial charge in [-0.2, -0.15) is 0 Å². The first-order chi connectivity index (χ1) is 11.1. The summed E-state index contributed by atoms with van der Waals surface area (Å²) < 4.78 is 0. The van der Waals surface area contributed by atoms with Crippen LogP contribution in [0.1, 0.15) is 17.5 Å². The largest absolute Gasteiger partial charge is 0.396 e. The second-order valence-electron chi connectivity index (χ2n) is 5.63. The molecule has 0 heterocycles. The van der Waals surface area contributed by atoms with E-state index in [2.05, 4.69) is 5.32 Å². The fraction of sp³-hybridized carbons (Fsp3) is 0.316. The summed E-state index contributed by atoms with van der Waals surface area (Å²) in [6.45, 7) is 5.05. The first kappa shape index (κ1) is 17.0. The number of hydrogen-bond acceptors (Lipinski definition) is 3.